The summed E-state index contributed by atoms with van der Waals surface area (Å²) in [5, 5.41) is 4.24. The van der Waals surface area contributed by atoms with Crippen molar-refractivity contribution in [1.82, 2.24) is 15.3 Å². The molecule has 2 aromatic heterocycles. The predicted molar refractivity (Wildman–Crippen MR) is 146 cm³/mol. The first-order valence-electron chi connectivity index (χ1n) is 11.5. The van der Waals surface area contributed by atoms with Crippen molar-refractivity contribution in [2.24, 2.45) is 0 Å². The Hall–Kier alpha value is -3.59. The number of aromatic nitrogens is 2. The monoisotopic (exact) mass is 515 g/mol. The van der Waals surface area contributed by atoms with E-state index in [1.54, 1.807) is 11.3 Å². The van der Waals surface area contributed by atoms with Gasteiger partial charge in [-0.2, -0.15) is 0 Å². The highest BCUT2D eigenvalue weighted by atomic mass is 32.2. The molecule has 6 nitrogen and oxygen atoms in total. The van der Waals surface area contributed by atoms with Gasteiger partial charge in [0.1, 0.15) is 21.3 Å². The normalized spacial score (nSPS) is 11.6. The number of hydrogen-bond acceptors (Lipinski definition) is 7. The highest BCUT2D eigenvalue weighted by molar-refractivity contribution is 7.90. The molecule has 0 aliphatic carbocycles. The number of benzene rings is 3. The standard InChI is InChI=1S/C28H25N3O3S2/c1-36(32,33)16-15-29-18-27-28(35-19-30-27)22-8-7-21-11-14-25(31-26(21)17-22)20-9-12-24(13-10-20)34-23-5-3-2-4-6-23/h2-14,17,19,29H,15-16,18H2,1H3. The largest absolute Gasteiger partial charge is 0.457 e. The molecule has 2 heterocycles. The van der Waals surface area contributed by atoms with E-state index in [2.05, 4.69) is 34.6 Å². The van der Waals surface area contributed by atoms with Crippen molar-refractivity contribution < 1.29 is 13.2 Å². The molecule has 0 saturated carbocycles. The second-order valence-corrected chi connectivity index (χ2v) is 11.6. The summed E-state index contributed by atoms with van der Waals surface area (Å²) in [5.41, 5.74) is 6.56. The summed E-state index contributed by atoms with van der Waals surface area (Å²) in [7, 11) is -2.99. The zero-order valence-electron chi connectivity index (χ0n) is 19.7. The Kier molecular flexibility index (Phi) is 7.09. The lowest BCUT2D eigenvalue weighted by Gasteiger charge is -2.08. The Morgan fingerprint density at radius 2 is 1.61 bits per heavy atom. The Bertz CT molecular complexity index is 1580. The molecule has 36 heavy (non-hydrogen) atoms. The van der Waals surface area contributed by atoms with Crippen LogP contribution in [0.2, 0.25) is 0 Å². The maximum atomic E-state index is 11.4. The average molecular weight is 516 g/mol. The van der Waals surface area contributed by atoms with Gasteiger partial charge in [0.15, 0.2) is 0 Å². The molecular weight excluding hydrogens is 490 g/mol. The summed E-state index contributed by atoms with van der Waals surface area (Å²) >= 11 is 1.57. The second-order valence-electron chi connectivity index (χ2n) is 8.48. The van der Waals surface area contributed by atoms with Gasteiger partial charge in [-0.05, 0) is 54.1 Å². The first-order valence-corrected chi connectivity index (χ1v) is 14.4. The molecule has 0 spiro atoms. The third-order valence-electron chi connectivity index (χ3n) is 5.67. The smallest absolute Gasteiger partial charge is 0.148 e. The van der Waals surface area contributed by atoms with Crippen molar-refractivity contribution in [2.45, 2.75) is 6.54 Å². The third kappa shape index (κ3) is 5.96. The predicted octanol–water partition coefficient (Wildman–Crippen LogP) is 5.95. The van der Waals surface area contributed by atoms with Crippen LogP contribution in [0, 0.1) is 0 Å². The van der Waals surface area contributed by atoms with Crippen molar-refractivity contribution >= 4 is 32.1 Å². The van der Waals surface area contributed by atoms with Gasteiger partial charge in [-0.25, -0.2) is 18.4 Å². The number of fused-ring (bicyclic) bond motifs is 1. The molecule has 0 saturated heterocycles. The summed E-state index contributed by atoms with van der Waals surface area (Å²) in [5.74, 6) is 1.68. The number of sulfone groups is 1. The van der Waals surface area contributed by atoms with E-state index in [1.807, 2.05) is 66.2 Å². The van der Waals surface area contributed by atoms with Gasteiger partial charge >= 0.3 is 0 Å². The van der Waals surface area contributed by atoms with E-state index in [-0.39, 0.29) is 5.75 Å². The molecule has 182 valence electrons. The van der Waals surface area contributed by atoms with Gasteiger partial charge in [0.2, 0.25) is 0 Å². The maximum absolute atomic E-state index is 11.4. The van der Waals surface area contributed by atoms with Gasteiger partial charge in [0, 0.05) is 30.3 Å². The molecule has 1 N–H and O–H groups in total. The summed E-state index contributed by atoms with van der Waals surface area (Å²) in [6.45, 7) is 0.908. The Morgan fingerprint density at radius 3 is 2.39 bits per heavy atom. The van der Waals surface area contributed by atoms with Crippen molar-refractivity contribution in [3.05, 3.63) is 96.1 Å². The summed E-state index contributed by atoms with van der Waals surface area (Å²) in [6, 6.07) is 28.0. The Labute approximate surface area is 214 Å². The fourth-order valence-corrected chi connectivity index (χ4v) is 5.16. The van der Waals surface area contributed by atoms with Crippen LogP contribution in [0.15, 0.2) is 90.4 Å². The second kappa shape index (κ2) is 10.6. The van der Waals surface area contributed by atoms with Gasteiger partial charge in [-0.1, -0.05) is 36.4 Å². The lowest BCUT2D eigenvalue weighted by Crippen LogP contribution is -2.22. The van der Waals surface area contributed by atoms with Crippen LogP contribution < -0.4 is 10.1 Å². The van der Waals surface area contributed by atoms with Crippen LogP contribution in [0.1, 0.15) is 5.69 Å². The van der Waals surface area contributed by atoms with Crippen LogP contribution in [-0.2, 0) is 16.4 Å². The maximum Gasteiger partial charge on any atom is 0.148 e. The van der Waals surface area contributed by atoms with Crippen molar-refractivity contribution in [3.8, 4) is 33.2 Å². The fourth-order valence-electron chi connectivity index (χ4n) is 3.83. The van der Waals surface area contributed by atoms with E-state index < -0.39 is 9.84 Å². The van der Waals surface area contributed by atoms with Crippen molar-refractivity contribution in [2.75, 3.05) is 18.6 Å². The third-order valence-corrected chi connectivity index (χ3v) is 7.53. The first-order chi connectivity index (χ1) is 17.4. The average Bonchev–Trinajstić information content (AvgIpc) is 3.35. The minimum atomic E-state index is -2.99. The molecule has 0 bridgehead atoms. The van der Waals surface area contributed by atoms with Crippen molar-refractivity contribution in [1.29, 1.82) is 0 Å². The number of ether oxygens (including phenoxy) is 1. The van der Waals surface area contributed by atoms with Crippen LogP contribution in [-0.4, -0.2) is 36.9 Å². The van der Waals surface area contributed by atoms with E-state index in [9.17, 15) is 8.42 Å². The molecule has 8 heteroatoms. The molecule has 0 aliphatic heterocycles. The number of rotatable bonds is 9. The zero-order valence-corrected chi connectivity index (χ0v) is 21.4. The molecule has 0 fully saturated rings. The van der Waals surface area contributed by atoms with Gasteiger partial charge < -0.3 is 10.1 Å². The SMILES string of the molecule is CS(=O)(=O)CCNCc1ncsc1-c1ccc2ccc(-c3ccc(Oc4ccccc4)cc3)nc2c1. The molecule has 0 amide bonds. The molecule has 3 aromatic carbocycles. The van der Waals surface area contributed by atoms with Crippen LogP contribution in [0.4, 0.5) is 0 Å². The minimum Gasteiger partial charge on any atom is -0.457 e. The van der Waals surface area contributed by atoms with Crippen LogP contribution in [0.5, 0.6) is 11.5 Å². The van der Waals surface area contributed by atoms with Gasteiger partial charge in [0.25, 0.3) is 0 Å². The van der Waals surface area contributed by atoms with Gasteiger partial charge in [-0.3, -0.25) is 0 Å². The lowest BCUT2D eigenvalue weighted by atomic mass is 10.1. The lowest BCUT2D eigenvalue weighted by molar-refractivity contribution is 0.483. The molecule has 0 unspecified atom stereocenters. The molecule has 0 aliphatic rings. The quantitative estimate of drug-likeness (QED) is 0.244. The minimum absolute atomic E-state index is 0.106. The van der Waals surface area contributed by atoms with Gasteiger partial charge in [-0.15, -0.1) is 11.3 Å². The van der Waals surface area contributed by atoms with Crippen LogP contribution >= 0.6 is 11.3 Å². The summed E-state index contributed by atoms with van der Waals surface area (Å²) in [6.07, 6.45) is 1.24. The number of nitrogens with zero attached hydrogens (tertiary/aromatic N) is 2. The molecule has 5 rings (SSSR count). The highest BCUT2D eigenvalue weighted by Crippen LogP contribution is 2.31. The Balaban J connectivity index is 1.34. The number of para-hydroxylation sites is 1. The molecular formula is C28H25N3O3S2. The topological polar surface area (TPSA) is 81.2 Å². The van der Waals surface area contributed by atoms with Crippen LogP contribution in [0.3, 0.4) is 0 Å². The number of nitrogens with one attached hydrogen (secondary N) is 1. The van der Waals surface area contributed by atoms with E-state index in [4.69, 9.17) is 9.72 Å². The van der Waals surface area contributed by atoms with E-state index in [0.717, 1.165) is 49.8 Å². The Morgan fingerprint density at radius 1 is 0.889 bits per heavy atom. The van der Waals surface area contributed by atoms with E-state index in [1.165, 1.54) is 6.26 Å². The van der Waals surface area contributed by atoms with Crippen LogP contribution in [0.25, 0.3) is 32.6 Å². The number of hydrogen-bond donors (Lipinski definition) is 1. The molecule has 0 atom stereocenters. The first kappa shape index (κ1) is 24.1. The highest BCUT2D eigenvalue weighted by Gasteiger charge is 2.11. The zero-order chi connectivity index (χ0) is 25.0. The van der Waals surface area contributed by atoms with E-state index in [0.29, 0.717) is 13.1 Å². The van der Waals surface area contributed by atoms with E-state index >= 15 is 0 Å². The number of thiazole rings is 1. The molecule has 0 radical (unpaired) electrons. The van der Waals surface area contributed by atoms with Crippen molar-refractivity contribution in [3.63, 3.8) is 0 Å². The molecule has 5 aromatic rings. The van der Waals surface area contributed by atoms with Gasteiger partial charge in [0.05, 0.1) is 33.0 Å². The summed E-state index contributed by atoms with van der Waals surface area (Å²) in [4.78, 5) is 10.5. The number of pyridine rings is 1. The summed E-state index contributed by atoms with van der Waals surface area (Å²) < 4.78 is 28.6. The fraction of sp³-hybridized carbons (Fsp3) is 0.143.